The SMILES string of the molecule is COc1cccc2c(NCCCN(C)C)cc(C)nc12. The summed E-state index contributed by atoms with van der Waals surface area (Å²) in [7, 11) is 5.87. The Labute approximate surface area is 120 Å². The number of anilines is 1. The molecule has 1 N–H and O–H groups in total. The highest BCUT2D eigenvalue weighted by atomic mass is 16.5. The number of pyridine rings is 1. The number of aromatic nitrogens is 1. The van der Waals surface area contributed by atoms with E-state index in [-0.39, 0.29) is 0 Å². The van der Waals surface area contributed by atoms with Crippen LogP contribution in [0.2, 0.25) is 0 Å². The quantitative estimate of drug-likeness (QED) is 0.821. The molecule has 4 nitrogen and oxygen atoms in total. The van der Waals surface area contributed by atoms with E-state index in [9.17, 15) is 0 Å². The van der Waals surface area contributed by atoms with Gasteiger partial charge in [0, 0.05) is 23.3 Å². The van der Waals surface area contributed by atoms with Crippen molar-refractivity contribution in [2.45, 2.75) is 13.3 Å². The summed E-state index contributed by atoms with van der Waals surface area (Å²) in [5.74, 6) is 0.822. The molecule has 0 aliphatic rings. The van der Waals surface area contributed by atoms with Gasteiger partial charge in [-0.25, -0.2) is 4.98 Å². The van der Waals surface area contributed by atoms with Gasteiger partial charge in [0.2, 0.25) is 0 Å². The highest BCUT2D eigenvalue weighted by Crippen LogP contribution is 2.29. The van der Waals surface area contributed by atoms with E-state index in [1.807, 2.05) is 19.1 Å². The van der Waals surface area contributed by atoms with Gasteiger partial charge in [-0.3, -0.25) is 0 Å². The van der Waals surface area contributed by atoms with Crippen molar-refractivity contribution in [3.8, 4) is 5.75 Å². The molecule has 20 heavy (non-hydrogen) atoms. The number of benzene rings is 1. The zero-order valence-corrected chi connectivity index (χ0v) is 12.7. The van der Waals surface area contributed by atoms with E-state index >= 15 is 0 Å². The Morgan fingerprint density at radius 1 is 1.30 bits per heavy atom. The Hall–Kier alpha value is -1.81. The summed E-state index contributed by atoms with van der Waals surface area (Å²) in [6.45, 7) is 4.04. The molecule has 0 aliphatic carbocycles. The molecule has 2 aromatic rings. The second kappa shape index (κ2) is 6.57. The number of hydrogen-bond donors (Lipinski definition) is 1. The summed E-state index contributed by atoms with van der Waals surface area (Å²) in [5, 5.41) is 4.62. The zero-order valence-electron chi connectivity index (χ0n) is 12.7. The summed E-state index contributed by atoms with van der Waals surface area (Å²) in [5.41, 5.74) is 3.05. The van der Waals surface area contributed by atoms with Gasteiger partial charge in [-0.2, -0.15) is 0 Å². The van der Waals surface area contributed by atoms with E-state index in [0.717, 1.165) is 47.5 Å². The van der Waals surface area contributed by atoms with Crippen LogP contribution in [0.25, 0.3) is 10.9 Å². The maximum Gasteiger partial charge on any atom is 0.145 e. The van der Waals surface area contributed by atoms with E-state index in [1.54, 1.807) is 7.11 Å². The number of ether oxygens (including phenoxy) is 1. The summed E-state index contributed by atoms with van der Waals surface area (Å²) in [4.78, 5) is 6.79. The highest BCUT2D eigenvalue weighted by Gasteiger charge is 2.08. The lowest BCUT2D eigenvalue weighted by Gasteiger charge is -2.14. The summed E-state index contributed by atoms with van der Waals surface area (Å²) >= 11 is 0. The van der Waals surface area contributed by atoms with Crippen LogP contribution in [0.4, 0.5) is 5.69 Å². The van der Waals surface area contributed by atoms with Crippen LogP contribution < -0.4 is 10.1 Å². The van der Waals surface area contributed by atoms with Crippen molar-refractivity contribution in [1.29, 1.82) is 0 Å². The van der Waals surface area contributed by atoms with E-state index in [4.69, 9.17) is 4.74 Å². The molecule has 0 atom stereocenters. The minimum atomic E-state index is 0.822. The third-order valence-corrected chi connectivity index (χ3v) is 3.25. The average molecular weight is 273 g/mol. The van der Waals surface area contributed by atoms with Gasteiger partial charge in [0.1, 0.15) is 11.3 Å². The summed E-state index contributed by atoms with van der Waals surface area (Å²) in [6.07, 6.45) is 1.11. The maximum atomic E-state index is 5.40. The van der Waals surface area contributed by atoms with Gasteiger partial charge in [-0.05, 0) is 46.1 Å². The molecule has 0 saturated heterocycles. The normalized spacial score (nSPS) is 11.1. The molecule has 0 aliphatic heterocycles. The fraction of sp³-hybridized carbons (Fsp3) is 0.438. The number of hydrogen-bond acceptors (Lipinski definition) is 4. The molecular weight excluding hydrogens is 250 g/mol. The van der Waals surface area contributed by atoms with Crippen molar-refractivity contribution < 1.29 is 4.74 Å². The van der Waals surface area contributed by atoms with E-state index in [2.05, 4.69) is 41.4 Å². The van der Waals surface area contributed by atoms with Crippen LogP contribution in [0.5, 0.6) is 5.75 Å². The van der Waals surface area contributed by atoms with Crippen LogP contribution >= 0.6 is 0 Å². The minimum Gasteiger partial charge on any atom is -0.494 e. The Bertz CT molecular complexity index is 581. The highest BCUT2D eigenvalue weighted by molar-refractivity contribution is 5.95. The minimum absolute atomic E-state index is 0.822. The molecular formula is C16H23N3O. The molecule has 2 rings (SSSR count). The molecule has 0 saturated carbocycles. The van der Waals surface area contributed by atoms with Crippen molar-refractivity contribution in [1.82, 2.24) is 9.88 Å². The molecule has 0 spiro atoms. The monoisotopic (exact) mass is 273 g/mol. The lowest BCUT2D eigenvalue weighted by atomic mass is 10.1. The molecule has 1 aromatic carbocycles. The van der Waals surface area contributed by atoms with Crippen LogP contribution in [0.1, 0.15) is 12.1 Å². The number of fused-ring (bicyclic) bond motifs is 1. The van der Waals surface area contributed by atoms with Crippen molar-refractivity contribution in [3.63, 3.8) is 0 Å². The second-order valence-electron chi connectivity index (χ2n) is 5.25. The molecule has 0 fully saturated rings. The molecule has 0 amide bonds. The first-order chi connectivity index (χ1) is 9.61. The standard InChI is InChI=1S/C16H23N3O/c1-12-11-14(17-9-6-10-19(2)3)13-7-5-8-15(20-4)16(13)18-12/h5,7-8,11H,6,9-10H2,1-4H3,(H,17,18). The molecule has 1 aromatic heterocycles. The summed E-state index contributed by atoms with van der Waals surface area (Å²) < 4.78 is 5.40. The lowest BCUT2D eigenvalue weighted by Crippen LogP contribution is -2.16. The second-order valence-corrected chi connectivity index (χ2v) is 5.25. The van der Waals surface area contributed by atoms with Gasteiger partial charge >= 0.3 is 0 Å². The number of methoxy groups -OCH3 is 1. The first-order valence-corrected chi connectivity index (χ1v) is 6.95. The van der Waals surface area contributed by atoms with Crippen LogP contribution in [0, 0.1) is 6.92 Å². The number of para-hydroxylation sites is 1. The van der Waals surface area contributed by atoms with Crippen LogP contribution in [-0.4, -0.2) is 44.2 Å². The van der Waals surface area contributed by atoms with E-state index < -0.39 is 0 Å². The Balaban J connectivity index is 2.24. The van der Waals surface area contributed by atoms with Crippen LogP contribution in [0.15, 0.2) is 24.3 Å². The fourth-order valence-corrected chi connectivity index (χ4v) is 2.28. The lowest BCUT2D eigenvalue weighted by molar-refractivity contribution is 0.405. The van der Waals surface area contributed by atoms with Gasteiger partial charge < -0.3 is 15.0 Å². The summed E-state index contributed by atoms with van der Waals surface area (Å²) in [6, 6.07) is 8.13. The number of aryl methyl sites for hydroxylation is 1. The molecule has 0 unspecified atom stereocenters. The number of nitrogens with zero attached hydrogens (tertiary/aromatic N) is 2. The number of rotatable bonds is 6. The van der Waals surface area contributed by atoms with Gasteiger partial charge in [0.05, 0.1) is 7.11 Å². The van der Waals surface area contributed by atoms with Crippen molar-refractivity contribution >= 4 is 16.6 Å². The average Bonchev–Trinajstić information content (AvgIpc) is 2.42. The largest absolute Gasteiger partial charge is 0.494 e. The van der Waals surface area contributed by atoms with Gasteiger partial charge in [0.15, 0.2) is 0 Å². The van der Waals surface area contributed by atoms with Gasteiger partial charge in [-0.15, -0.1) is 0 Å². The predicted octanol–water partition coefficient (Wildman–Crippen LogP) is 2.92. The smallest absolute Gasteiger partial charge is 0.145 e. The molecule has 4 heteroatoms. The number of nitrogens with one attached hydrogen (secondary N) is 1. The topological polar surface area (TPSA) is 37.4 Å². The third-order valence-electron chi connectivity index (χ3n) is 3.25. The van der Waals surface area contributed by atoms with Crippen LogP contribution in [-0.2, 0) is 0 Å². The molecule has 0 radical (unpaired) electrons. The molecule has 108 valence electrons. The van der Waals surface area contributed by atoms with Gasteiger partial charge in [0.25, 0.3) is 0 Å². The Morgan fingerprint density at radius 2 is 2.10 bits per heavy atom. The van der Waals surface area contributed by atoms with Crippen molar-refractivity contribution in [2.75, 3.05) is 39.6 Å². The Kier molecular flexibility index (Phi) is 4.79. The van der Waals surface area contributed by atoms with Crippen LogP contribution in [0.3, 0.4) is 0 Å². The van der Waals surface area contributed by atoms with E-state index in [1.165, 1.54) is 0 Å². The third kappa shape index (κ3) is 3.39. The Morgan fingerprint density at radius 3 is 2.80 bits per heavy atom. The van der Waals surface area contributed by atoms with Crippen molar-refractivity contribution in [3.05, 3.63) is 30.0 Å². The maximum absolute atomic E-state index is 5.40. The fourth-order valence-electron chi connectivity index (χ4n) is 2.28. The first kappa shape index (κ1) is 14.6. The van der Waals surface area contributed by atoms with Gasteiger partial charge in [-0.1, -0.05) is 12.1 Å². The zero-order chi connectivity index (χ0) is 14.5. The predicted molar refractivity (Wildman–Crippen MR) is 84.7 cm³/mol. The molecule has 1 heterocycles. The first-order valence-electron chi connectivity index (χ1n) is 6.95. The van der Waals surface area contributed by atoms with E-state index in [0.29, 0.717) is 0 Å². The van der Waals surface area contributed by atoms with Crippen molar-refractivity contribution in [2.24, 2.45) is 0 Å². The molecule has 0 bridgehead atoms.